The Balaban J connectivity index is 1.90. The summed E-state index contributed by atoms with van der Waals surface area (Å²) in [4.78, 5) is 6.71. The van der Waals surface area contributed by atoms with Crippen LogP contribution in [0.25, 0.3) is 0 Å². The standard InChI is InChI=1S/C20H31N3O3S/c1-4-9-20(10-5-2)11-7-12-22(20)15-17-14-21-19(27(3,24)25)23(17)16-18-8-6-13-26-18/h4-5,14,18H,1-2,6-13,15-16H2,3H3. The van der Waals surface area contributed by atoms with Gasteiger partial charge in [0.15, 0.2) is 0 Å². The van der Waals surface area contributed by atoms with E-state index in [0.717, 1.165) is 57.4 Å². The third kappa shape index (κ3) is 4.36. The lowest BCUT2D eigenvalue weighted by atomic mass is 9.88. The fourth-order valence-corrected chi connectivity index (χ4v) is 5.36. The number of imidazole rings is 1. The van der Waals surface area contributed by atoms with Gasteiger partial charge in [-0.15, -0.1) is 13.2 Å². The van der Waals surface area contributed by atoms with Crippen molar-refractivity contribution in [3.8, 4) is 0 Å². The molecule has 1 atom stereocenters. The second-order valence-electron chi connectivity index (χ2n) is 7.78. The molecule has 7 heteroatoms. The number of likely N-dealkylation sites (tertiary alicyclic amines) is 1. The first-order valence-electron chi connectivity index (χ1n) is 9.72. The normalized spacial score (nSPS) is 22.9. The predicted molar refractivity (Wildman–Crippen MR) is 106 cm³/mol. The van der Waals surface area contributed by atoms with E-state index >= 15 is 0 Å². The van der Waals surface area contributed by atoms with Crippen LogP contribution in [-0.2, 0) is 27.7 Å². The molecule has 1 aromatic heterocycles. The van der Waals surface area contributed by atoms with Crippen molar-refractivity contribution >= 4 is 9.84 Å². The lowest BCUT2D eigenvalue weighted by Crippen LogP contribution is -2.43. The first-order valence-corrected chi connectivity index (χ1v) is 11.6. The van der Waals surface area contributed by atoms with Crippen molar-refractivity contribution in [2.45, 2.75) is 68.4 Å². The fourth-order valence-electron chi connectivity index (χ4n) is 4.52. The molecule has 2 fully saturated rings. The van der Waals surface area contributed by atoms with E-state index in [1.165, 1.54) is 6.26 Å². The first-order chi connectivity index (χ1) is 12.9. The van der Waals surface area contributed by atoms with Gasteiger partial charge in [-0.1, -0.05) is 12.2 Å². The minimum Gasteiger partial charge on any atom is -0.376 e. The molecule has 0 aromatic carbocycles. The number of hydrogen-bond donors (Lipinski definition) is 0. The molecule has 1 aromatic rings. The van der Waals surface area contributed by atoms with Gasteiger partial charge in [0.1, 0.15) is 0 Å². The zero-order chi connectivity index (χ0) is 19.5. The number of hydrogen-bond acceptors (Lipinski definition) is 5. The number of rotatable bonds is 9. The van der Waals surface area contributed by atoms with E-state index < -0.39 is 9.84 Å². The predicted octanol–water partition coefficient (Wildman–Crippen LogP) is 2.95. The van der Waals surface area contributed by atoms with Crippen molar-refractivity contribution in [2.24, 2.45) is 0 Å². The molecule has 2 aliphatic rings. The minimum absolute atomic E-state index is 0.0215. The molecule has 0 bridgehead atoms. The molecular formula is C20H31N3O3S. The summed E-state index contributed by atoms with van der Waals surface area (Å²) in [6.45, 7) is 10.8. The maximum Gasteiger partial charge on any atom is 0.227 e. The summed E-state index contributed by atoms with van der Waals surface area (Å²) >= 11 is 0. The first kappa shape index (κ1) is 20.3. The van der Waals surface area contributed by atoms with E-state index in [0.29, 0.717) is 13.1 Å². The molecule has 6 nitrogen and oxygen atoms in total. The summed E-state index contributed by atoms with van der Waals surface area (Å²) in [6.07, 6.45) is 13.0. The highest BCUT2D eigenvalue weighted by Gasteiger charge is 2.39. The van der Waals surface area contributed by atoms with Gasteiger partial charge < -0.3 is 9.30 Å². The zero-order valence-electron chi connectivity index (χ0n) is 16.3. The number of aromatic nitrogens is 2. The van der Waals surface area contributed by atoms with Gasteiger partial charge in [-0.3, -0.25) is 4.90 Å². The van der Waals surface area contributed by atoms with E-state index in [2.05, 4.69) is 23.0 Å². The Morgan fingerprint density at radius 2 is 2.07 bits per heavy atom. The number of sulfone groups is 1. The summed E-state index contributed by atoms with van der Waals surface area (Å²) in [5.41, 5.74) is 0.957. The van der Waals surface area contributed by atoms with Crippen LogP contribution in [0.3, 0.4) is 0 Å². The van der Waals surface area contributed by atoms with Gasteiger partial charge in [0.25, 0.3) is 0 Å². The maximum absolute atomic E-state index is 12.2. The van der Waals surface area contributed by atoms with E-state index in [1.807, 2.05) is 16.7 Å². The van der Waals surface area contributed by atoms with E-state index in [9.17, 15) is 8.42 Å². The van der Waals surface area contributed by atoms with Crippen LogP contribution in [0.2, 0.25) is 0 Å². The van der Waals surface area contributed by atoms with Crippen molar-refractivity contribution in [1.29, 1.82) is 0 Å². The molecule has 1 unspecified atom stereocenters. The van der Waals surface area contributed by atoms with Crippen LogP contribution >= 0.6 is 0 Å². The van der Waals surface area contributed by atoms with Gasteiger partial charge in [0.05, 0.1) is 24.5 Å². The number of nitrogens with zero attached hydrogens (tertiary/aromatic N) is 3. The summed E-state index contributed by atoms with van der Waals surface area (Å²) < 4.78 is 32.1. The smallest absolute Gasteiger partial charge is 0.227 e. The van der Waals surface area contributed by atoms with Gasteiger partial charge in [-0.05, 0) is 45.1 Å². The van der Waals surface area contributed by atoms with Crippen molar-refractivity contribution in [3.63, 3.8) is 0 Å². The Hall–Kier alpha value is -1.44. The van der Waals surface area contributed by atoms with Crippen molar-refractivity contribution in [1.82, 2.24) is 14.5 Å². The SMILES string of the molecule is C=CCC1(CC=C)CCCN1Cc1cnc(S(C)(=O)=O)n1CC1CCCO1. The summed E-state index contributed by atoms with van der Waals surface area (Å²) in [6, 6.07) is 0. The van der Waals surface area contributed by atoms with E-state index in [4.69, 9.17) is 4.74 Å². The average Bonchev–Trinajstić information content (AvgIpc) is 3.31. The second-order valence-corrected chi connectivity index (χ2v) is 9.69. The third-order valence-electron chi connectivity index (χ3n) is 5.79. The minimum atomic E-state index is -3.39. The summed E-state index contributed by atoms with van der Waals surface area (Å²) in [5.74, 6) is 0. The molecule has 0 saturated carbocycles. The molecule has 0 aliphatic carbocycles. The lowest BCUT2D eigenvalue weighted by Gasteiger charge is -2.37. The Bertz CT molecular complexity index is 768. The highest BCUT2D eigenvalue weighted by molar-refractivity contribution is 7.90. The van der Waals surface area contributed by atoms with Crippen LogP contribution < -0.4 is 0 Å². The third-order valence-corrected chi connectivity index (χ3v) is 6.77. The van der Waals surface area contributed by atoms with E-state index in [1.54, 1.807) is 6.20 Å². The molecule has 3 rings (SSSR count). The molecule has 3 heterocycles. The quantitative estimate of drug-likeness (QED) is 0.604. The van der Waals surface area contributed by atoms with Crippen molar-refractivity contribution < 1.29 is 13.2 Å². The van der Waals surface area contributed by atoms with Gasteiger partial charge in [-0.2, -0.15) is 0 Å². The Morgan fingerprint density at radius 1 is 1.33 bits per heavy atom. The molecule has 0 radical (unpaired) electrons. The molecule has 150 valence electrons. The Labute approximate surface area is 162 Å². The molecule has 0 amide bonds. The van der Waals surface area contributed by atoms with Crippen LogP contribution in [-0.4, -0.2) is 53.9 Å². The summed E-state index contributed by atoms with van der Waals surface area (Å²) in [5, 5.41) is 0.144. The zero-order valence-corrected chi connectivity index (χ0v) is 17.1. The van der Waals surface area contributed by atoms with Gasteiger partial charge in [0, 0.05) is 24.9 Å². The van der Waals surface area contributed by atoms with Gasteiger partial charge in [0.2, 0.25) is 15.0 Å². The average molecular weight is 394 g/mol. The van der Waals surface area contributed by atoms with Crippen LogP contribution in [0.5, 0.6) is 0 Å². The molecule has 2 aliphatic heterocycles. The molecular weight excluding hydrogens is 362 g/mol. The topological polar surface area (TPSA) is 64.4 Å². The fraction of sp³-hybridized carbons (Fsp3) is 0.650. The Morgan fingerprint density at radius 3 is 2.67 bits per heavy atom. The van der Waals surface area contributed by atoms with Crippen LogP contribution in [0.15, 0.2) is 36.7 Å². The van der Waals surface area contributed by atoms with Crippen molar-refractivity contribution in [2.75, 3.05) is 19.4 Å². The largest absolute Gasteiger partial charge is 0.376 e. The number of ether oxygens (including phenoxy) is 1. The van der Waals surface area contributed by atoms with Crippen LogP contribution in [0.1, 0.15) is 44.2 Å². The Kier molecular flexibility index (Phi) is 6.23. The van der Waals surface area contributed by atoms with Crippen LogP contribution in [0.4, 0.5) is 0 Å². The molecule has 0 spiro atoms. The highest BCUT2D eigenvalue weighted by atomic mass is 32.2. The molecule has 27 heavy (non-hydrogen) atoms. The molecule has 0 N–H and O–H groups in total. The van der Waals surface area contributed by atoms with Gasteiger partial charge >= 0.3 is 0 Å². The monoisotopic (exact) mass is 393 g/mol. The molecule has 2 saturated heterocycles. The van der Waals surface area contributed by atoms with Crippen molar-refractivity contribution in [3.05, 3.63) is 37.2 Å². The van der Waals surface area contributed by atoms with Crippen LogP contribution in [0, 0.1) is 0 Å². The maximum atomic E-state index is 12.2. The highest BCUT2D eigenvalue weighted by Crippen LogP contribution is 2.37. The van der Waals surface area contributed by atoms with Gasteiger partial charge in [-0.25, -0.2) is 13.4 Å². The summed E-state index contributed by atoms with van der Waals surface area (Å²) in [7, 11) is -3.39. The van der Waals surface area contributed by atoms with E-state index in [-0.39, 0.29) is 16.8 Å². The lowest BCUT2D eigenvalue weighted by molar-refractivity contribution is 0.0907. The second kappa shape index (κ2) is 8.29.